The number of anilines is 1. The molecule has 3 heteroatoms. The fraction of sp³-hybridized carbons (Fsp3) is 0.227. The Balaban J connectivity index is 1.19. The van der Waals surface area contributed by atoms with Gasteiger partial charge in [-0.2, -0.15) is 0 Å². The van der Waals surface area contributed by atoms with E-state index < -0.39 is 0 Å². The van der Waals surface area contributed by atoms with Gasteiger partial charge in [0.05, 0.1) is 17.1 Å². The number of hydrogen-bond donors (Lipinski definition) is 0. The molecule has 0 N–H and O–H groups in total. The number of allylic oxidation sites excluding steroid dienone is 8. The molecule has 0 saturated heterocycles. The molecule has 2 nitrogen and oxygen atoms in total. The molecule has 0 aliphatic heterocycles. The van der Waals surface area contributed by atoms with Crippen molar-refractivity contribution in [2.75, 3.05) is 4.90 Å². The minimum Gasteiger partial charge on any atom is -0.362 e. The molecule has 2 heterocycles. The highest BCUT2D eigenvalue weighted by molar-refractivity contribution is 7.25. The lowest BCUT2D eigenvalue weighted by Gasteiger charge is -2.40. The highest BCUT2D eigenvalue weighted by atomic mass is 32.1. The number of rotatable bonds is 9. The van der Waals surface area contributed by atoms with E-state index in [-0.39, 0.29) is 0 Å². The monoisotopic (exact) mass is 630 g/mol. The molecule has 2 atom stereocenters. The minimum atomic E-state index is 0.295. The lowest BCUT2D eigenvalue weighted by molar-refractivity contribution is 0.487. The number of benzene rings is 4. The van der Waals surface area contributed by atoms with Gasteiger partial charge in [0.2, 0.25) is 0 Å². The molecule has 2 aliphatic carbocycles. The summed E-state index contributed by atoms with van der Waals surface area (Å²) < 4.78 is 5.20. The third-order valence-corrected chi connectivity index (χ3v) is 11.2. The lowest BCUT2D eigenvalue weighted by Crippen LogP contribution is -2.43. The van der Waals surface area contributed by atoms with Crippen LogP contribution in [0.5, 0.6) is 0 Å². The molecule has 47 heavy (non-hydrogen) atoms. The van der Waals surface area contributed by atoms with Crippen LogP contribution in [0, 0.1) is 0 Å². The lowest BCUT2D eigenvalue weighted by atomic mass is 9.90. The molecule has 234 valence electrons. The van der Waals surface area contributed by atoms with Gasteiger partial charge in [0, 0.05) is 48.4 Å². The summed E-state index contributed by atoms with van der Waals surface area (Å²) in [5, 5.41) is 5.35. The summed E-state index contributed by atoms with van der Waals surface area (Å²) in [5.41, 5.74) is 7.83. The maximum Gasteiger partial charge on any atom is 0.0547 e. The average molecular weight is 631 g/mol. The first kappa shape index (κ1) is 29.8. The molecule has 2 unspecified atom stereocenters. The van der Waals surface area contributed by atoms with E-state index in [1.54, 1.807) is 0 Å². The van der Waals surface area contributed by atoms with E-state index in [0.29, 0.717) is 12.1 Å². The van der Waals surface area contributed by atoms with E-state index >= 15 is 0 Å². The zero-order valence-corrected chi connectivity index (χ0v) is 28.2. The number of hydrogen-bond acceptors (Lipinski definition) is 2. The molecule has 6 aromatic rings. The van der Waals surface area contributed by atoms with E-state index in [1.807, 2.05) is 11.3 Å². The smallest absolute Gasteiger partial charge is 0.0547 e. The Bertz CT molecular complexity index is 2250. The second-order valence-corrected chi connectivity index (χ2v) is 14.1. The summed E-state index contributed by atoms with van der Waals surface area (Å²) >= 11 is 1.92. The van der Waals surface area contributed by atoms with Crippen LogP contribution in [0.1, 0.15) is 57.9 Å². The fourth-order valence-electron chi connectivity index (χ4n) is 7.78. The van der Waals surface area contributed by atoms with E-state index in [4.69, 9.17) is 0 Å². The van der Waals surface area contributed by atoms with Gasteiger partial charge in [0.1, 0.15) is 0 Å². The van der Waals surface area contributed by atoms with Crippen LogP contribution in [-0.4, -0.2) is 16.7 Å². The van der Waals surface area contributed by atoms with Crippen molar-refractivity contribution in [2.24, 2.45) is 0 Å². The Kier molecular flexibility index (Phi) is 8.17. The molecule has 2 aromatic heterocycles. The van der Waals surface area contributed by atoms with Gasteiger partial charge < -0.3 is 9.47 Å². The Morgan fingerprint density at radius 3 is 2.51 bits per heavy atom. The number of aromatic nitrogens is 1. The van der Waals surface area contributed by atoms with E-state index in [0.717, 1.165) is 19.3 Å². The highest BCUT2D eigenvalue weighted by Crippen LogP contribution is 2.40. The number of para-hydroxylation sites is 1. The van der Waals surface area contributed by atoms with Crippen LogP contribution in [0.3, 0.4) is 0 Å². The van der Waals surface area contributed by atoms with Gasteiger partial charge in [-0.15, -0.1) is 11.3 Å². The molecule has 2 aliphatic rings. The minimum absolute atomic E-state index is 0.295. The molecule has 8 rings (SSSR count). The molecule has 0 saturated carbocycles. The molecule has 4 aromatic carbocycles. The van der Waals surface area contributed by atoms with Crippen molar-refractivity contribution >= 4 is 70.3 Å². The van der Waals surface area contributed by atoms with Crippen LogP contribution < -0.4 is 4.90 Å². The van der Waals surface area contributed by atoms with Crippen molar-refractivity contribution in [3.05, 3.63) is 139 Å². The van der Waals surface area contributed by atoms with Crippen molar-refractivity contribution in [3.63, 3.8) is 0 Å². The summed E-state index contributed by atoms with van der Waals surface area (Å²) in [6, 6.07) is 32.8. The van der Waals surface area contributed by atoms with E-state index in [1.165, 1.54) is 83.8 Å². The van der Waals surface area contributed by atoms with Crippen molar-refractivity contribution < 1.29 is 0 Å². The SMILES string of the molecule is CCCCC(CC)N(c1ccc2c(c1)sc1ccccc12)C1C=CC=C(c2ccc3c4ccccc4n(C4=CCC=CC=C4)c3c2)C1. The van der Waals surface area contributed by atoms with E-state index in [9.17, 15) is 0 Å². The first-order chi connectivity index (χ1) is 23.2. The van der Waals surface area contributed by atoms with Gasteiger partial charge in [-0.25, -0.2) is 0 Å². The standard InChI is InChI=1S/C44H42N2S/c1-3-5-16-33(4-2)45(36-25-27-40-39-21-11-13-23-43(39)47-44(40)30-36)35-19-14-15-31(28-35)32-24-26-38-37-20-10-12-22-41(37)46(42(38)29-32)34-17-8-6-7-9-18-34/h6-8,10-15,17-27,29-30,33,35H,3-5,9,16,28H2,1-2H3. The largest absolute Gasteiger partial charge is 0.362 e. The number of nitrogens with zero attached hydrogens (tertiary/aromatic N) is 2. The van der Waals surface area contributed by atoms with Crippen LogP contribution in [0.2, 0.25) is 0 Å². The third-order valence-electron chi connectivity index (χ3n) is 10.1. The van der Waals surface area contributed by atoms with Crippen molar-refractivity contribution in [2.45, 2.75) is 64.5 Å². The zero-order chi connectivity index (χ0) is 31.7. The Morgan fingerprint density at radius 1 is 0.809 bits per heavy atom. The Labute approximate surface area is 282 Å². The van der Waals surface area contributed by atoms with Crippen LogP contribution in [0.15, 0.2) is 134 Å². The van der Waals surface area contributed by atoms with Gasteiger partial charge in [0.15, 0.2) is 0 Å². The van der Waals surface area contributed by atoms with Crippen molar-refractivity contribution in [1.29, 1.82) is 0 Å². The summed E-state index contributed by atoms with van der Waals surface area (Å²) in [6.07, 6.45) is 25.0. The Morgan fingerprint density at radius 2 is 1.62 bits per heavy atom. The molecule has 0 amide bonds. The molecule has 0 bridgehead atoms. The highest BCUT2D eigenvalue weighted by Gasteiger charge is 2.27. The van der Waals surface area contributed by atoms with Gasteiger partial charge in [0.25, 0.3) is 0 Å². The van der Waals surface area contributed by atoms with Crippen LogP contribution >= 0.6 is 11.3 Å². The predicted octanol–water partition coefficient (Wildman–Crippen LogP) is 12.7. The van der Waals surface area contributed by atoms with Gasteiger partial charge in [-0.05, 0) is 73.2 Å². The second-order valence-electron chi connectivity index (χ2n) is 13.0. The predicted molar refractivity (Wildman–Crippen MR) is 208 cm³/mol. The quantitative estimate of drug-likeness (QED) is 0.154. The van der Waals surface area contributed by atoms with E-state index in [2.05, 4.69) is 157 Å². The second kappa shape index (κ2) is 12.9. The van der Waals surface area contributed by atoms with Crippen molar-refractivity contribution in [3.8, 4) is 0 Å². The molecule has 0 spiro atoms. The first-order valence-electron chi connectivity index (χ1n) is 17.4. The topological polar surface area (TPSA) is 8.17 Å². The molecular weight excluding hydrogens is 589 g/mol. The molecule has 0 radical (unpaired) electrons. The van der Waals surface area contributed by atoms with Crippen LogP contribution in [-0.2, 0) is 0 Å². The number of fused-ring (bicyclic) bond motifs is 6. The zero-order valence-electron chi connectivity index (χ0n) is 27.4. The molecule has 0 fully saturated rings. The third kappa shape index (κ3) is 5.47. The van der Waals surface area contributed by atoms with Gasteiger partial charge in [-0.1, -0.05) is 124 Å². The first-order valence-corrected chi connectivity index (χ1v) is 18.2. The van der Waals surface area contributed by atoms with Crippen LogP contribution in [0.4, 0.5) is 5.69 Å². The average Bonchev–Trinajstić information content (AvgIpc) is 3.52. The fourth-order valence-corrected chi connectivity index (χ4v) is 8.92. The van der Waals surface area contributed by atoms with Crippen molar-refractivity contribution in [1.82, 2.24) is 4.57 Å². The summed E-state index contributed by atoms with van der Waals surface area (Å²) in [7, 11) is 0. The molecular formula is C44H42N2S. The Hall–Kier alpha value is -4.60. The van der Waals surface area contributed by atoms with Gasteiger partial charge in [-0.3, -0.25) is 0 Å². The maximum absolute atomic E-state index is 2.76. The van der Waals surface area contributed by atoms with Crippen LogP contribution in [0.25, 0.3) is 53.2 Å². The normalized spacial score (nSPS) is 17.0. The summed E-state index contributed by atoms with van der Waals surface area (Å²) in [6.45, 7) is 4.68. The summed E-state index contributed by atoms with van der Waals surface area (Å²) in [5.74, 6) is 0. The number of unbranched alkanes of at least 4 members (excludes halogenated alkanes) is 1. The maximum atomic E-state index is 2.76. The number of thiophene rings is 1. The summed E-state index contributed by atoms with van der Waals surface area (Å²) in [4.78, 5) is 2.76. The van der Waals surface area contributed by atoms with Gasteiger partial charge >= 0.3 is 0 Å².